The minimum absolute atomic E-state index is 0.0320. The van der Waals surface area contributed by atoms with Crippen LogP contribution < -0.4 is 5.32 Å². The molecule has 0 radical (unpaired) electrons. The van der Waals surface area contributed by atoms with E-state index in [-0.39, 0.29) is 18.5 Å². The lowest BCUT2D eigenvalue weighted by molar-refractivity contribution is -0.142. The molecular formula is C14H19N3O3. The summed E-state index contributed by atoms with van der Waals surface area (Å²) in [6, 6.07) is 3.37. The molecule has 0 aromatic carbocycles. The van der Waals surface area contributed by atoms with Crippen LogP contribution in [0.4, 0.5) is 10.5 Å². The van der Waals surface area contributed by atoms with Gasteiger partial charge >= 0.3 is 12.0 Å². The lowest BCUT2D eigenvalue weighted by Crippen LogP contribution is -2.34. The van der Waals surface area contributed by atoms with Crippen LogP contribution in [0.2, 0.25) is 0 Å². The first kappa shape index (κ1) is 14.3. The number of nitrogens with zero attached hydrogens (tertiary/aromatic N) is 2. The van der Waals surface area contributed by atoms with Gasteiger partial charge in [-0.3, -0.25) is 9.78 Å². The molecule has 1 aromatic rings. The van der Waals surface area contributed by atoms with Crippen molar-refractivity contribution in [2.75, 3.05) is 18.4 Å². The number of pyridine rings is 1. The quantitative estimate of drug-likeness (QED) is 0.864. The lowest BCUT2D eigenvalue weighted by Gasteiger charge is -2.17. The first-order valence-electron chi connectivity index (χ1n) is 6.61. The van der Waals surface area contributed by atoms with E-state index in [2.05, 4.69) is 10.3 Å². The number of urea groups is 1. The number of hydrogen-bond donors (Lipinski definition) is 2. The van der Waals surface area contributed by atoms with Crippen LogP contribution in [0, 0.1) is 25.7 Å². The molecule has 0 bridgehead atoms. The standard InChI is InChI=1S/C14H19N3O3/c1-8-6-17(7-11(8)13(18)19)14(20)16-12-5-4-9(2)15-10(12)3/h4-5,8,11H,6-7H2,1-3H3,(H,16,20)(H,18,19). The van der Waals surface area contributed by atoms with Gasteiger partial charge in [-0.15, -0.1) is 0 Å². The summed E-state index contributed by atoms with van der Waals surface area (Å²) < 4.78 is 0. The Morgan fingerprint density at radius 2 is 2.05 bits per heavy atom. The molecule has 2 N–H and O–H groups in total. The van der Waals surface area contributed by atoms with Crippen LogP contribution in [0.25, 0.3) is 0 Å². The summed E-state index contributed by atoms with van der Waals surface area (Å²) in [5, 5.41) is 11.9. The predicted molar refractivity (Wildman–Crippen MR) is 74.6 cm³/mol. The number of amides is 2. The maximum absolute atomic E-state index is 12.2. The van der Waals surface area contributed by atoms with Crippen LogP contribution in [0.3, 0.4) is 0 Å². The number of aryl methyl sites for hydroxylation is 2. The van der Waals surface area contributed by atoms with Crippen molar-refractivity contribution in [2.24, 2.45) is 11.8 Å². The van der Waals surface area contributed by atoms with Crippen LogP contribution in [0.1, 0.15) is 18.3 Å². The molecular weight excluding hydrogens is 258 g/mol. The van der Waals surface area contributed by atoms with Crippen molar-refractivity contribution in [3.05, 3.63) is 23.5 Å². The number of carbonyl (C=O) groups excluding carboxylic acids is 1. The monoisotopic (exact) mass is 277 g/mol. The Hall–Kier alpha value is -2.11. The van der Waals surface area contributed by atoms with Crippen LogP contribution >= 0.6 is 0 Å². The number of aromatic nitrogens is 1. The average Bonchev–Trinajstić information content (AvgIpc) is 2.75. The highest BCUT2D eigenvalue weighted by Crippen LogP contribution is 2.24. The summed E-state index contributed by atoms with van der Waals surface area (Å²) >= 11 is 0. The first-order valence-corrected chi connectivity index (χ1v) is 6.61. The number of likely N-dealkylation sites (tertiary alicyclic amines) is 1. The molecule has 0 saturated carbocycles. The molecule has 2 unspecified atom stereocenters. The summed E-state index contributed by atoms with van der Waals surface area (Å²) in [6.45, 7) is 6.28. The molecule has 108 valence electrons. The molecule has 0 spiro atoms. The largest absolute Gasteiger partial charge is 0.481 e. The molecule has 2 amide bonds. The van der Waals surface area contributed by atoms with Gasteiger partial charge in [-0.2, -0.15) is 0 Å². The predicted octanol–water partition coefficient (Wildman–Crippen LogP) is 1.88. The molecule has 1 aliphatic heterocycles. The van der Waals surface area contributed by atoms with E-state index in [1.54, 1.807) is 4.90 Å². The Labute approximate surface area is 117 Å². The Morgan fingerprint density at radius 3 is 2.60 bits per heavy atom. The molecule has 20 heavy (non-hydrogen) atoms. The molecule has 0 aliphatic carbocycles. The number of carboxylic acids is 1. The van der Waals surface area contributed by atoms with Crippen molar-refractivity contribution in [3.8, 4) is 0 Å². The number of anilines is 1. The topological polar surface area (TPSA) is 82.5 Å². The molecule has 1 aromatic heterocycles. The maximum atomic E-state index is 12.2. The number of carboxylic acid groups (broad SMARTS) is 1. The van der Waals surface area contributed by atoms with Crippen LogP contribution in [0.15, 0.2) is 12.1 Å². The Bertz CT molecular complexity index is 544. The fourth-order valence-electron chi connectivity index (χ4n) is 2.47. The fourth-order valence-corrected chi connectivity index (χ4v) is 2.47. The van der Waals surface area contributed by atoms with E-state index in [1.165, 1.54) is 0 Å². The highest BCUT2D eigenvalue weighted by Gasteiger charge is 2.37. The van der Waals surface area contributed by atoms with Gasteiger partial charge in [0.25, 0.3) is 0 Å². The van der Waals surface area contributed by atoms with Gasteiger partial charge in [-0.1, -0.05) is 6.92 Å². The molecule has 1 fully saturated rings. The third-order valence-corrected chi connectivity index (χ3v) is 3.68. The first-order chi connectivity index (χ1) is 9.38. The number of carbonyl (C=O) groups is 2. The fraction of sp³-hybridized carbons (Fsp3) is 0.500. The molecule has 2 atom stereocenters. The van der Waals surface area contributed by atoms with Gasteiger partial charge < -0.3 is 15.3 Å². The van der Waals surface area contributed by atoms with E-state index in [9.17, 15) is 9.59 Å². The van der Waals surface area contributed by atoms with E-state index in [4.69, 9.17) is 5.11 Å². The van der Waals surface area contributed by atoms with Crippen molar-refractivity contribution in [1.29, 1.82) is 0 Å². The van der Waals surface area contributed by atoms with Crippen molar-refractivity contribution in [2.45, 2.75) is 20.8 Å². The Balaban J connectivity index is 2.04. The maximum Gasteiger partial charge on any atom is 0.321 e. The van der Waals surface area contributed by atoms with Gasteiger partial charge in [-0.05, 0) is 31.9 Å². The summed E-state index contributed by atoms with van der Waals surface area (Å²) in [6.07, 6.45) is 0. The van der Waals surface area contributed by atoms with Crippen molar-refractivity contribution in [3.63, 3.8) is 0 Å². The Kier molecular flexibility index (Phi) is 3.92. The minimum Gasteiger partial charge on any atom is -0.481 e. The second-order valence-electron chi connectivity index (χ2n) is 5.34. The average molecular weight is 277 g/mol. The molecule has 1 aliphatic rings. The molecule has 1 saturated heterocycles. The third-order valence-electron chi connectivity index (χ3n) is 3.68. The molecule has 6 nitrogen and oxygen atoms in total. The molecule has 2 heterocycles. The van der Waals surface area contributed by atoms with Gasteiger partial charge in [-0.25, -0.2) is 4.79 Å². The summed E-state index contributed by atoms with van der Waals surface area (Å²) in [7, 11) is 0. The van der Waals surface area contributed by atoms with E-state index < -0.39 is 11.9 Å². The Morgan fingerprint density at radius 1 is 1.35 bits per heavy atom. The number of aliphatic carboxylic acids is 1. The summed E-state index contributed by atoms with van der Waals surface area (Å²) in [5.41, 5.74) is 2.30. The van der Waals surface area contributed by atoms with E-state index in [1.807, 2.05) is 32.9 Å². The van der Waals surface area contributed by atoms with Crippen molar-refractivity contribution < 1.29 is 14.7 Å². The summed E-state index contributed by atoms with van der Waals surface area (Å²) in [5.74, 6) is -1.37. The summed E-state index contributed by atoms with van der Waals surface area (Å²) in [4.78, 5) is 29.0. The van der Waals surface area contributed by atoms with Gasteiger partial charge in [0.05, 0.1) is 17.3 Å². The van der Waals surface area contributed by atoms with Gasteiger partial charge in [0.2, 0.25) is 0 Å². The zero-order chi connectivity index (χ0) is 14.9. The van der Waals surface area contributed by atoms with Crippen molar-refractivity contribution in [1.82, 2.24) is 9.88 Å². The van der Waals surface area contributed by atoms with Gasteiger partial charge in [0, 0.05) is 18.8 Å². The SMILES string of the molecule is Cc1ccc(NC(=O)N2CC(C)C(C(=O)O)C2)c(C)n1. The zero-order valence-corrected chi connectivity index (χ0v) is 11.9. The van der Waals surface area contributed by atoms with E-state index >= 15 is 0 Å². The smallest absolute Gasteiger partial charge is 0.321 e. The highest BCUT2D eigenvalue weighted by atomic mass is 16.4. The number of hydrogen-bond acceptors (Lipinski definition) is 3. The van der Waals surface area contributed by atoms with Gasteiger partial charge in [0.15, 0.2) is 0 Å². The molecule has 6 heteroatoms. The lowest BCUT2D eigenvalue weighted by atomic mass is 9.99. The third kappa shape index (κ3) is 2.89. The second-order valence-corrected chi connectivity index (χ2v) is 5.34. The van der Waals surface area contributed by atoms with E-state index in [0.717, 1.165) is 11.4 Å². The van der Waals surface area contributed by atoms with Crippen LogP contribution in [0.5, 0.6) is 0 Å². The normalized spacial score (nSPS) is 21.9. The van der Waals surface area contributed by atoms with Gasteiger partial charge in [0.1, 0.15) is 0 Å². The highest BCUT2D eigenvalue weighted by molar-refractivity contribution is 5.90. The minimum atomic E-state index is -0.846. The number of nitrogens with one attached hydrogen (secondary N) is 1. The second kappa shape index (κ2) is 5.48. The zero-order valence-electron chi connectivity index (χ0n) is 11.9. The molecule has 2 rings (SSSR count). The number of rotatable bonds is 2. The van der Waals surface area contributed by atoms with Crippen LogP contribution in [-0.2, 0) is 4.79 Å². The van der Waals surface area contributed by atoms with E-state index in [0.29, 0.717) is 12.2 Å². The van der Waals surface area contributed by atoms with Crippen LogP contribution in [-0.4, -0.2) is 40.1 Å². The van der Waals surface area contributed by atoms with Crippen molar-refractivity contribution >= 4 is 17.7 Å².